The van der Waals surface area contributed by atoms with Gasteiger partial charge < -0.3 is 9.47 Å². The van der Waals surface area contributed by atoms with E-state index in [0.717, 1.165) is 18.8 Å². The van der Waals surface area contributed by atoms with Crippen LogP contribution in [-0.4, -0.2) is 40.1 Å². The summed E-state index contributed by atoms with van der Waals surface area (Å²) in [6, 6.07) is 14.1. The van der Waals surface area contributed by atoms with Crippen molar-refractivity contribution in [3.05, 3.63) is 54.1 Å². The van der Waals surface area contributed by atoms with E-state index < -0.39 is 10.0 Å². The van der Waals surface area contributed by atoms with Crippen molar-refractivity contribution >= 4 is 10.0 Å². The number of hydrogen-bond donors (Lipinski definition) is 1. The summed E-state index contributed by atoms with van der Waals surface area (Å²) in [7, 11) is -1.65. The first-order valence-corrected chi connectivity index (χ1v) is 9.59. The zero-order valence-electron chi connectivity index (χ0n) is 14.5. The van der Waals surface area contributed by atoms with Gasteiger partial charge in [0.2, 0.25) is 10.0 Å². The molecule has 2 aromatic rings. The fourth-order valence-electron chi connectivity index (χ4n) is 2.29. The molecule has 0 saturated heterocycles. The summed E-state index contributed by atoms with van der Waals surface area (Å²) in [6.45, 7) is 4.67. The second-order valence-corrected chi connectivity index (χ2v) is 7.24. The van der Waals surface area contributed by atoms with Crippen LogP contribution in [0, 0.1) is 0 Å². The van der Waals surface area contributed by atoms with Gasteiger partial charge in [-0.1, -0.05) is 12.1 Å². The molecule has 0 amide bonds. The van der Waals surface area contributed by atoms with E-state index in [4.69, 9.17) is 14.6 Å². The Balaban J connectivity index is 1.77. The lowest BCUT2D eigenvalue weighted by Gasteiger charge is -2.17. The van der Waals surface area contributed by atoms with Crippen LogP contribution in [0.25, 0.3) is 0 Å². The van der Waals surface area contributed by atoms with E-state index >= 15 is 0 Å². The molecule has 0 aliphatic rings. The Kier molecular flexibility index (Phi) is 6.81. The van der Waals surface area contributed by atoms with Crippen molar-refractivity contribution < 1.29 is 17.9 Å². The van der Waals surface area contributed by atoms with Crippen LogP contribution >= 0.6 is 0 Å². The molecule has 0 spiro atoms. The first-order chi connectivity index (χ1) is 11.9. The lowest BCUT2D eigenvalue weighted by atomic mass is 10.2. The van der Waals surface area contributed by atoms with Crippen molar-refractivity contribution in [1.82, 2.24) is 4.90 Å². The summed E-state index contributed by atoms with van der Waals surface area (Å²) in [5.74, 6) is 1.49. The molecule has 0 unspecified atom stereocenters. The zero-order valence-corrected chi connectivity index (χ0v) is 15.3. The van der Waals surface area contributed by atoms with Gasteiger partial charge >= 0.3 is 0 Å². The Bertz CT molecular complexity index is 759. The zero-order chi connectivity index (χ0) is 18.3. The van der Waals surface area contributed by atoms with Crippen molar-refractivity contribution in [3.63, 3.8) is 0 Å². The van der Waals surface area contributed by atoms with Gasteiger partial charge in [-0.25, -0.2) is 13.6 Å². The van der Waals surface area contributed by atoms with Gasteiger partial charge in [-0.2, -0.15) is 0 Å². The topological polar surface area (TPSA) is 81.9 Å². The van der Waals surface area contributed by atoms with Gasteiger partial charge in [0.1, 0.15) is 18.1 Å². The van der Waals surface area contributed by atoms with Gasteiger partial charge in [0.15, 0.2) is 0 Å². The number of sulfonamides is 1. The number of ether oxygens (including phenoxy) is 2. The number of primary sulfonamides is 1. The molecule has 0 bridgehead atoms. The molecule has 0 fully saturated rings. The summed E-state index contributed by atoms with van der Waals surface area (Å²) in [5, 5.41) is 5.06. The number of nitrogens with zero attached hydrogens (tertiary/aromatic N) is 1. The van der Waals surface area contributed by atoms with Crippen molar-refractivity contribution in [3.8, 4) is 11.5 Å². The highest BCUT2D eigenvalue weighted by atomic mass is 32.2. The average molecular weight is 364 g/mol. The van der Waals surface area contributed by atoms with E-state index in [-0.39, 0.29) is 4.90 Å². The van der Waals surface area contributed by atoms with E-state index in [2.05, 4.69) is 4.90 Å². The molecule has 2 rings (SSSR count). The molecule has 2 N–H and O–H groups in total. The van der Waals surface area contributed by atoms with Gasteiger partial charge in [0.05, 0.1) is 11.5 Å². The summed E-state index contributed by atoms with van der Waals surface area (Å²) >= 11 is 0. The van der Waals surface area contributed by atoms with E-state index in [9.17, 15) is 8.42 Å². The number of benzene rings is 2. The molecule has 6 nitrogen and oxygen atoms in total. The second kappa shape index (κ2) is 8.84. The minimum absolute atomic E-state index is 0.0764. The smallest absolute Gasteiger partial charge is 0.238 e. The Labute approximate surface area is 149 Å². The van der Waals surface area contributed by atoms with Gasteiger partial charge in [-0.3, -0.25) is 4.90 Å². The third-order valence-corrected chi connectivity index (χ3v) is 4.51. The van der Waals surface area contributed by atoms with E-state index in [1.807, 2.05) is 38.2 Å². The van der Waals surface area contributed by atoms with Crippen LogP contribution in [0.1, 0.15) is 12.5 Å². The van der Waals surface area contributed by atoms with Crippen LogP contribution in [0.5, 0.6) is 11.5 Å². The summed E-state index contributed by atoms with van der Waals surface area (Å²) in [6.07, 6.45) is 0. The molecule has 136 valence electrons. The van der Waals surface area contributed by atoms with Crippen molar-refractivity contribution in [2.45, 2.75) is 18.4 Å². The van der Waals surface area contributed by atoms with E-state index in [0.29, 0.717) is 19.0 Å². The standard InChI is InChI=1S/C18H24N2O4S/c1-3-23-16-6-4-15(5-7-16)14-20(2)12-13-24-17-8-10-18(11-9-17)25(19,21)22/h4-11H,3,12-14H2,1-2H3,(H2,19,21,22). The average Bonchev–Trinajstić information content (AvgIpc) is 2.56. The second-order valence-electron chi connectivity index (χ2n) is 5.68. The lowest BCUT2D eigenvalue weighted by molar-refractivity contribution is 0.232. The molecule has 0 atom stereocenters. The summed E-state index contributed by atoms with van der Waals surface area (Å²) < 4.78 is 33.5. The number of likely N-dealkylation sites (N-methyl/N-ethyl adjacent to an activating group) is 1. The van der Waals surface area contributed by atoms with Crippen molar-refractivity contribution in [2.75, 3.05) is 26.8 Å². The minimum Gasteiger partial charge on any atom is -0.494 e. The molecule has 0 aromatic heterocycles. The van der Waals surface area contributed by atoms with Gasteiger partial charge in [0.25, 0.3) is 0 Å². The summed E-state index contributed by atoms with van der Waals surface area (Å²) in [4.78, 5) is 2.22. The third kappa shape index (κ3) is 6.38. The molecule has 25 heavy (non-hydrogen) atoms. The van der Waals surface area contributed by atoms with Crippen molar-refractivity contribution in [1.29, 1.82) is 0 Å². The highest BCUT2D eigenvalue weighted by Gasteiger charge is 2.07. The normalized spacial score (nSPS) is 11.5. The maximum absolute atomic E-state index is 11.2. The highest BCUT2D eigenvalue weighted by molar-refractivity contribution is 7.89. The van der Waals surface area contributed by atoms with Crippen LogP contribution in [0.2, 0.25) is 0 Å². The van der Waals surface area contributed by atoms with Crippen molar-refractivity contribution in [2.24, 2.45) is 5.14 Å². The van der Waals surface area contributed by atoms with Crippen LogP contribution in [-0.2, 0) is 16.6 Å². The molecule has 0 aliphatic carbocycles. The Morgan fingerprint density at radius 1 is 0.960 bits per heavy atom. The molecular formula is C18H24N2O4S. The highest BCUT2D eigenvalue weighted by Crippen LogP contribution is 2.15. The maximum Gasteiger partial charge on any atom is 0.238 e. The Morgan fingerprint density at radius 3 is 2.08 bits per heavy atom. The fraction of sp³-hybridized carbons (Fsp3) is 0.333. The van der Waals surface area contributed by atoms with Crippen LogP contribution in [0.3, 0.4) is 0 Å². The van der Waals surface area contributed by atoms with Crippen LogP contribution in [0.4, 0.5) is 0 Å². The molecule has 0 aliphatic heterocycles. The molecule has 0 radical (unpaired) electrons. The third-order valence-electron chi connectivity index (χ3n) is 3.58. The fourth-order valence-corrected chi connectivity index (χ4v) is 2.81. The number of nitrogens with two attached hydrogens (primary N) is 1. The minimum atomic E-state index is -3.67. The number of hydrogen-bond acceptors (Lipinski definition) is 5. The first-order valence-electron chi connectivity index (χ1n) is 8.04. The molecular weight excluding hydrogens is 340 g/mol. The molecule has 0 saturated carbocycles. The number of rotatable bonds is 9. The largest absolute Gasteiger partial charge is 0.494 e. The monoisotopic (exact) mass is 364 g/mol. The summed E-state index contributed by atoms with van der Waals surface area (Å²) in [5.41, 5.74) is 1.20. The quantitative estimate of drug-likeness (QED) is 0.738. The van der Waals surface area contributed by atoms with Crippen LogP contribution in [0.15, 0.2) is 53.4 Å². The molecule has 7 heteroatoms. The predicted molar refractivity (Wildman–Crippen MR) is 97.3 cm³/mol. The Morgan fingerprint density at radius 2 is 1.52 bits per heavy atom. The lowest BCUT2D eigenvalue weighted by Crippen LogP contribution is -2.23. The SMILES string of the molecule is CCOc1ccc(CN(C)CCOc2ccc(S(N)(=O)=O)cc2)cc1. The van der Waals surface area contributed by atoms with Gasteiger partial charge in [-0.05, 0) is 55.9 Å². The van der Waals surface area contributed by atoms with E-state index in [1.165, 1.54) is 17.7 Å². The maximum atomic E-state index is 11.2. The van der Waals surface area contributed by atoms with Crippen LogP contribution < -0.4 is 14.6 Å². The van der Waals surface area contributed by atoms with E-state index in [1.54, 1.807) is 12.1 Å². The first kappa shape index (κ1) is 19.2. The predicted octanol–water partition coefficient (Wildman–Crippen LogP) is 2.24. The Hall–Kier alpha value is -2.09. The van der Waals surface area contributed by atoms with Gasteiger partial charge in [0, 0.05) is 13.1 Å². The van der Waals surface area contributed by atoms with Gasteiger partial charge in [-0.15, -0.1) is 0 Å². The molecule has 0 heterocycles. The molecule has 2 aromatic carbocycles.